The quantitative estimate of drug-likeness (QED) is 0.336. The maximum absolute atomic E-state index is 13.0. The number of carbonyl (C=O) groups excluding carboxylic acids is 2. The average molecular weight is 516 g/mol. The molecule has 15 heteroatoms. The number of sulfonamides is 1. The molecule has 0 fully saturated rings. The highest BCUT2D eigenvalue weighted by Crippen LogP contribution is 2.26. The zero-order chi connectivity index (χ0) is 25.5. The van der Waals surface area contributed by atoms with Crippen LogP contribution in [-0.4, -0.2) is 53.7 Å². The van der Waals surface area contributed by atoms with Gasteiger partial charge in [0, 0.05) is 18.6 Å². The number of ether oxygens (including phenoxy) is 2. The van der Waals surface area contributed by atoms with E-state index in [0.29, 0.717) is 0 Å². The lowest BCUT2D eigenvalue weighted by Crippen LogP contribution is -2.35. The zero-order valence-electron chi connectivity index (χ0n) is 18.8. The summed E-state index contributed by atoms with van der Waals surface area (Å²) in [5, 5.41) is 2.23. The third kappa shape index (κ3) is 6.71. The second kappa shape index (κ2) is 11.0. The standard InChI is InChI=1S/C19H25N5O8S2/c1-5-17(25)23-22-12-7-8-14(33(27,28)6-2)15(9-12)34(29,30)24-19(26)21-16-10-13(31-3)11-18(20-16)32-4/h7-11,22H,5-6H2,1-4H3,(H,23,25)(H2,20,21,24,26). The van der Waals surface area contributed by atoms with E-state index >= 15 is 0 Å². The van der Waals surface area contributed by atoms with Crippen molar-refractivity contribution < 1.29 is 35.9 Å². The van der Waals surface area contributed by atoms with Crippen LogP contribution in [0, 0.1) is 0 Å². The van der Waals surface area contributed by atoms with Gasteiger partial charge in [0.2, 0.25) is 11.8 Å². The number of methoxy groups -OCH3 is 2. The normalized spacial score (nSPS) is 11.3. The molecular weight excluding hydrogens is 490 g/mol. The summed E-state index contributed by atoms with van der Waals surface area (Å²) in [4.78, 5) is 26.7. The predicted octanol–water partition coefficient (Wildman–Crippen LogP) is 1.26. The van der Waals surface area contributed by atoms with Crippen molar-refractivity contribution in [1.29, 1.82) is 0 Å². The highest BCUT2D eigenvalue weighted by atomic mass is 32.2. The number of sulfone groups is 1. The zero-order valence-corrected chi connectivity index (χ0v) is 20.5. The lowest BCUT2D eigenvalue weighted by Gasteiger charge is -2.15. The maximum atomic E-state index is 13.0. The first-order chi connectivity index (χ1) is 15.9. The molecule has 0 radical (unpaired) electrons. The van der Waals surface area contributed by atoms with Crippen LogP contribution in [-0.2, 0) is 24.7 Å². The van der Waals surface area contributed by atoms with E-state index in [1.165, 1.54) is 39.3 Å². The minimum Gasteiger partial charge on any atom is -0.496 e. The molecule has 2 rings (SSSR count). The first kappa shape index (κ1) is 26.7. The Morgan fingerprint density at radius 3 is 2.26 bits per heavy atom. The van der Waals surface area contributed by atoms with Crippen molar-refractivity contribution in [3.8, 4) is 11.6 Å². The fourth-order valence-electron chi connectivity index (χ4n) is 2.53. The van der Waals surface area contributed by atoms with Gasteiger partial charge in [-0.05, 0) is 18.2 Å². The summed E-state index contributed by atoms with van der Waals surface area (Å²) < 4.78 is 62.8. The molecule has 2 aromatic rings. The van der Waals surface area contributed by atoms with E-state index in [1.807, 2.05) is 0 Å². The Morgan fingerprint density at radius 1 is 0.971 bits per heavy atom. The third-order valence-corrected chi connectivity index (χ3v) is 7.59. The van der Waals surface area contributed by atoms with E-state index in [0.717, 1.165) is 12.1 Å². The number of pyridine rings is 1. The first-order valence-corrected chi connectivity index (χ1v) is 12.9. The minimum absolute atomic E-state index is 0.0804. The first-order valence-electron chi connectivity index (χ1n) is 9.81. The van der Waals surface area contributed by atoms with Crippen molar-refractivity contribution in [2.75, 3.05) is 30.7 Å². The van der Waals surface area contributed by atoms with Crippen LogP contribution in [0.25, 0.3) is 0 Å². The molecule has 34 heavy (non-hydrogen) atoms. The molecule has 0 spiro atoms. The van der Waals surface area contributed by atoms with Gasteiger partial charge in [-0.3, -0.25) is 21.0 Å². The monoisotopic (exact) mass is 515 g/mol. The van der Waals surface area contributed by atoms with Gasteiger partial charge in [0.25, 0.3) is 10.0 Å². The van der Waals surface area contributed by atoms with Crippen LogP contribution in [0.15, 0.2) is 40.1 Å². The molecule has 186 valence electrons. The lowest BCUT2D eigenvalue weighted by molar-refractivity contribution is -0.120. The number of urea groups is 1. The molecule has 1 aromatic heterocycles. The lowest BCUT2D eigenvalue weighted by atomic mass is 10.3. The van der Waals surface area contributed by atoms with E-state index in [-0.39, 0.29) is 41.2 Å². The molecule has 4 N–H and O–H groups in total. The Bertz CT molecular complexity index is 1260. The number of hydrogen-bond acceptors (Lipinski definition) is 10. The van der Waals surface area contributed by atoms with Gasteiger partial charge in [-0.25, -0.2) is 26.4 Å². The third-order valence-electron chi connectivity index (χ3n) is 4.30. The summed E-state index contributed by atoms with van der Waals surface area (Å²) >= 11 is 0. The molecule has 1 aromatic carbocycles. The summed E-state index contributed by atoms with van der Waals surface area (Å²) in [6.45, 7) is 2.96. The number of hydrazine groups is 1. The van der Waals surface area contributed by atoms with Crippen molar-refractivity contribution >= 4 is 43.3 Å². The summed E-state index contributed by atoms with van der Waals surface area (Å²) in [5.74, 6) is -0.457. The van der Waals surface area contributed by atoms with Crippen molar-refractivity contribution in [3.63, 3.8) is 0 Å². The molecule has 0 saturated carbocycles. The molecular formula is C19H25N5O8S2. The summed E-state index contributed by atoms with van der Waals surface area (Å²) in [7, 11) is -5.95. The van der Waals surface area contributed by atoms with E-state index in [4.69, 9.17) is 9.47 Å². The van der Waals surface area contributed by atoms with Crippen LogP contribution in [0.5, 0.6) is 11.6 Å². The van der Waals surface area contributed by atoms with Gasteiger partial charge in [-0.15, -0.1) is 0 Å². The molecule has 0 aliphatic carbocycles. The van der Waals surface area contributed by atoms with Gasteiger partial charge in [-0.2, -0.15) is 4.98 Å². The molecule has 13 nitrogen and oxygen atoms in total. The highest BCUT2D eigenvalue weighted by molar-refractivity contribution is 7.93. The molecule has 0 atom stereocenters. The maximum Gasteiger partial charge on any atom is 0.334 e. The fourth-order valence-corrected chi connectivity index (χ4v) is 5.21. The SMILES string of the molecule is CCC(=O)NNc1ccc(S(=O)(=O)CC)c(S(=O)(=O)NC(=O)Nc2cc(OC)cc(OC)n2)c1. The largest absolute Gasteiger partial charge is 0.496 e. The van der Waals surface area contributed by atoms with Gasteiger partial charge >= 0.3 is 6.03 Å². The Balaban J connectivity index is 2.39. The van der Waals surface area contributed by atoms with Crippen molar-refractivity contribution in [3.05, 3.63) is 30.3 Å². The van der Waals surface area contributed by atoms with Crippen LogP contribution in [0.2, 0.25) is 0 Å². The number of anilines is 2. The Kier molecular flexibility index (Phi) is 8.64. The number of nitrogens with zero attached hydrogens (tertiary/aromatic N) is 1. The van der Waals surface area contributed by atoms with Gasteiger partial charge in [0.05, 0.1) is 30.6 Å². The van der Waals surface area contributed by atoms with E-state index in [9.17, 15) is 26.4 Å². The second-order valence-electron chi connectivity index (χ2n) is 6.59. The molecule has 1 heterocycles. The van der Waals surface area contributed by atoms with Gasteiger partial charge in [0.1, 0.15) is 16.5 Å². The number of aromatic nitrogens is 1. The fraction of sp³-hybridized carbons (Fsp3) is 0.316. The number of rotatable bonds is 10. The second-order valence-corrected chi connectivity index (χ2v) is 10.5. The van der Waals surface area contributed by atoms with Gasteiger partial charge < -0.3 is 9.47 Å². The molecule has 0 unspecified atom stereocenters. The average Bonchev–Trinajstić information content (AvgIpc) is 2.81. The number of benzene rings is 1. The minimum atomic E-state index is -4.69. The summed E-state index contributed by atoms with van der Waals surface area (Å²) in [5.41, 5.74) is 4.91. The molecule has 0 saturated heterocycles. The van der Waals surface area contributed by atoms with Crippen LogP contribution in [0.3, 0.4) is 0 Å². The highest BCUT2D eigenvalue weighted by Gasteiger charge is 2.28. The van der Waals surface area contributed by atoms with Crippen LogP contribution in [0.4, 0.5) is 16.3 Å². The van der Waals surface area contributed by atoms with Crippen LogP contribution >= 0.6 is 0 Å². The summed E-state index contributed by atoms with van der Waals surface area (Å²) in [6.07, 6.45) is 0.158. The smallest absolute Gasteiger partial charge is 0.334 e. The Morgan fingerprint density at radius 2 is 1.68 bits per heavy atom. The number of carbonyl (C=O) groups is 2. The Hall–Kier alpha value is -3.59. The van der Waals surface area contributed by atoms with E-state index < -0.39 is 35.7 Å². The number of nitrogens with one attached hydrogen (secondary N) is 4. The van der Waals surface area contributed by atoms with Crippen molar-refractivity contribution in [2.45, 2.75) is 30.1 Å². The van der Waals surface area contributed by atoms with E-state index in [2.05, 4.69) is 21.2 Å². The van der Waals surface area contributed by atoms with Gasteiger partial charge in [0.15, 0.2) is 9.84 Å². The van der Waals surface area contributed by atoms with Crippen molar-refractivity contribution in [1.82, 2.24) is 15.1 Å². The number of hydrogen-bond donors (Lipinski definition) is 4. The van der Waals surface area contributed by atoms with Gasteiger partial charge in [-0.1, -0.05) is 13.8 Å². The summed E-state index contributed by atoms with van der Waals surface area (Å²) in [6, 6.07) is 4.89. The van der Waals surface area contributed by atoms with Crippen molar-refractivity contribution in [2.24, 2.45) is 0 Å². The predicted molar refractivity (Wildman–Crippen MR) is 123 cm³/mol. The molecule has 0 aliphatic rings. The van der Waals surface area contributed by atoms with Crippen LogP contribution < -0.4 is 30.4 Å². The van der Waals surface area contributed by atoms with E-state index in [1.54, 1.807) is 11.6 Å². The molecule has 3 amide bonds. The topological polar surface area (TPSA) is 182 Å². The molecule has 0 aliphatic heterocycles. The number of amides is 3. The van der Waals surface area contributed by atoms with Crippen LogP contribution in [0.1, 0.15) is 20.3 Å². The molecule has 0 bridgehead atoms. The Labute approximate surface area is 197 Å².